The van der Waals surface area contributed by atoms with Crippen molar-refractivity contribution in [2.75, 3.05) is 10.6 Å². The minimum absolute atomic E-state index is 0.0342. The Morgan fingerprint density at radius 3 is 2.50 bits per heavy atom. The summed E-state index contributed by atoms with van der Waals surface area (Å²) < 4.78 is 39.2. The lowest BCUT2D eigenvalue weighted by atomic mass is 10.2. The van der Waals surface area contributed by atoms with E-state index in [0.29, 0.717) is 12.2 Å². The van der Waals surface area contributed by atoms with Gasteiger partial charge in [-0.3, -0.25) is 4.79 Å². The molecule has 1 aliphatic carbocycles. The Bertz CT molecular complexity index is 788. The van der Waals surface area contributed by atoms with Crippen LogP contribution in [0.3, 0.4) is 0 Å². The molecule has 3 rings (SSSR count). The van der Waals surface area contributed by atoms with Crippen LogP contribution in [-0.2, 0) is 17.5 Å². The molecule has 9 heteroatoms. The summed E-state index contributed by atoms with van der Waals surface area (Å²) in [4.78, 5) is 18.7. The fourth-order valence-corrected chi connectivity index (χ4v) is 2.24. The molecule has 1 aromatic carbocycles. The first kappa shape index (κ1) is 18.0. The predicted molar refractivity (Wildman–Crippen MR) is 90.9 cm³/mol. The monoisotopic (exact) mass is 365 g/mol. The molecule has 0 bridgehead atoms. The third kappa shape index (κ3) is 4.84. The molecule has 1 fully saturated rings. The van der Waals surface area contributed by atoms with Crippen molar-refractivity contribution in [3.63, 3.8) is 0 Å². The molecule has 138 valence electrons. The minimum atomic E-state index is -4.51. The molecular formula is C17H18F3N5O. The van der Waals surface area contributed by atoms with E-state index in [2.05, 4.69) is 25.9 Å². The van der Waals surface area contributed by atoms with E-state index in [1.54, 1.807) is 24.3 Å². The quantitative estimate of drug-likeness (QED) is 0.731. The summed E-state index contributed by atoms with van der Waals surface area (Å²) in [5.41, 5.74) is 0.657. The lowest BCUT2D eigenvalue weighted by molar-refractivity contribution is -0.137. The van der Waals surface area contributed by atoms with Gasteiger partial charge in [-0.2, -0.15) is 18.2 Å². The number of amides is 1. The van der Waals surface area contributed by atoms with Crippen molar-refractivity contribution in [2.24, 2.45) is 0 Å². The smallest absolute Gasteiger partial charge is 0.367 e. The SMILES string of the molecule is CC(=O)NCc1ccc(Nc2ncc(C(F)(F)F)c(NC3CC3)n2)cc1. The number of halogens is 3. The van der Waals surface area contributed by atoms with Gasteiger partial charge in [0.2, 0.25) is 11.9 Å². The van der Waals surface area contributed by atoms with Gasteiger partial charge in [0.25, 0.3) is 0 Å². The molecule has 1 saturated carbocycles. The van der Waals surface area contributed by atoms with Crippen LogP contribution in [0.2, 0.25) is 0 Å². The molecule has 6 nitrogen and oxygen atoms in total. The van der Waals surface area contributed by atoms with Gasteiger partial charge in [-0.1, -0.05) is 12.1 Å². The summed E-state index contributed by atoms with van der Waals surface area (Å²) in [7, 11) is 0. The van der Waals surface area contributed by atoms with Crippen molar-refractivity contribution >= 4 is 23.4 Å². The summed E-state index contributed by atoms with van der Waals surface area (Å²) in [6.07, 6.45) is -2.06. The van der Waals surface area contributed by atoms with E-state index in [1.807, 2.05) is 0 Å². The van der Waals surface area contributed by atoms with Crippen molar-refractivity contribution in [3.05, 3.63) is 41.6 Å². The number of aromatic nitrogens is 2. The average molecular weight is 365 g/mol. The van der Waals surface area contributed by atoms with Crippen molar-refractivity contribution in [1.82, 2.24) is 15.3 Å². The van der Waals surface area contributed by atoms with Crippen LogP contribution in [0.4, 0.5) is 30.6 Å². The Morgan fingerprint density at radius 2 is 1.92 bits per heavy atom. The highest BCUT2D eigenvalue weighted by atomic mass is 19.4. The van der Waals surface area contributed by atoms with Crippen LogP contribution >= 0.6 is 0 Å². The van der Waals surface area contributed by atoms with E-state index in [4.69, 9.17) is 0 Å². The number of carbonyl (C=O) groups is 1. The molecule has 0 aliphatic heterocycles. The highest BCUT2D eigenvalue weighted by molar-refractivity contribution is 5.72. The molecule has 0 spiro atoms. The first-order valence-corrected chi connectivity index (χ1v) is 8.12. The summed E-state index contributed by atoms with van der Waals surface area (Å²) >= 11 is 0. The van der Waals surface area contributed by atoms with Gasteiger partial charge in [0, 0.05) is 31.4 Å². The van der Waals surface area contributed by atoms with E-state index < -0.39 is 11.7 Å². The fourth-order valence-electron chi connectivity index (χ4n) is 2.24. The molecule has 1 aliphatic rings. The second-order valence-corrected chi connectivity index (χ2v) is 6.10. The zero-order valence-corrected chi connectivity index (χ0v) is 14.0. The van der Waals surface area contributed by atoms with Gasteiger partial charge in [-0.25, -0.2) is 4.98 Å². The van der Waals surface area contributed by atoms with Crippen LogP contribution in [0, 0.1) is 0 Å². The van der Waals surface area contributed by atoms with Gasteiger partial charge in [0.1, 0.15) is 11.4 Å². The van der Waals surface area contributed by atoms with Gasteiger partial charge in [0.15, 0.2) is 0 Å². The van der Waals surface area contributed by atoms with Crippen LogP contribution in [-0.4, -0.2) is 21.9 Å². The number of hydrogen-bond acceptors (Lipinski definition) is 5. The maximum atomic E-state index is 13.1. The lowest BCUT2D eigenvalue weighted by Gasteiger charge is -2.14. The maximum absolute atomic E-state index is 13.1. The number of rotatable bonds is 6. The summed E-state index contributed by atoms with van der Waals surface area (Å²) in [6, 6.07) is 7.11. The first-order chi connectivity index (χ1) is 12.3. The number of nitrogens with zero attached hydrogens (tertiary/aromatic N) is 2. The average Bonchev–Trinajstić information content (AvgIpc) is 3.37. The highest BCUT2D eigenvalue weighted by Gasteiger charge is 2.36. The second-order valence-electron chi connectivity index (χ2n) is 6.10. The Balaban J connectivity index is 1.73. The fraction of sp³-hybridized carbons (Fsp3) is 0.353. The van der Waals surface area contributed by atoms with E-state index in [1.165, 1.54) is 6.92 Å². The van der Waals surface area contributed by atoms with Gasteiger partial charge in [-0.05, 0) is 30.5 Å². The molecule has 0 saturated heterocycles. The van der Waals surface area contributed by atoms with Crippen LogP contribution in [0.25, 0.3) is 0 Å². The van der Waals surface area contributed by atoms with Crippen LogP contribution in [0.15, 0.2) is 30.5 Å². The number of anilines is 3. The molecular weight excluding hydrogens is 347 g/mol. The Morgan fingerprint density at radius 1 is 1.23 bits per heavy atom. The van der Waals surface area contributed by atoms with Gasteiger partial charge < -0.3 is 16.0 Å². The van der Waals surface area contributed by atoms with Crippen molar-refractivity contribution in [3.8, 4) is 0 Å². The van der Waals surface area contributed by atoms with E-state index >= 15 is 0 Å². The minimum Gasteiger partial charge on any atom is -0.367 e. The normalized spacial score (nSPS) is 14.0. The third-order valence-corrected chi connectivity index (χ3v) is 3.76. The van der Waals surface area contributed by atoms with Crippen LogP contribution in [0.1, 0.15) is 30.9 Å². The molecule has 0 atom stereocenters. The van der Waals surface area contributed by atoms with Gasteiger partial charge >= 0.3 is 6.18 Å². The Hall–Kier alpha value is -2.84. The number of nitrogens with one attached hydrogen (secondary N) is 3. The molecule has 1 aromatic heterocycles. The molecule has 0 unspecified atom stereocenters. The van der Waals surface area contributed by atoms with Crippen molar-refractivity contribution in [2.45, 2.75) is 38.5 Å². The number of alkyl halides is 3. The molecule has 26 heavy (non-hydrogen) atoms. The summed E-state index contributed by atoms with van der Waals surface area (Å²) in [5, 5.41) is 8.38. The van der Waals surface area contributed by atoms with E-state index in [-0.39, 0.29) is 23.7 Å². The molecule has 1 heterocycles. The Labute approximate surface area is 148 Å². The first-order valence-electron chi connectivity index (χ1n) is 8.12. The molecule has 3 N–H and O–H groups in total. The summed E-state index contributed by atoms with van der Waals surface area (Å²) in [5.74, 6) is -0.253. The molecule has 1 amide bonds. The zero-order chi connectivity index (χ0) is 18.7. The van der Waals surface area contributed by atoms with Gasteiger partial charge in [-0.15, -0.1) is 0 Å². The number of hydrogen-bond donors (Lipinski definition) is 3. The van der Waals surface area contributed by atoms with Crippen LogP contribution < -0.4 is 16.0 Å². The van der Waals surface area contributed by atoms with E-state index in [9.17, 15) is 18.0 Å². The highest BCUT2D eigenvalue weighted by Crippen LogP contribution is 2.36. The maximum Gasteiger partial charge on any atom is 0.421 e. The standard InChI is InChI=1S/C17H18F3N5O/c1-10(26)21-8-11-2-4-13(5-3-11)24-16-22-9-14(17(18,19)20)15(25-16)23-12-6-7-12/h2-5,9,12H,6-8H2,1H3,(H,21,26)(H2,22,23,24,25). The molecule has 0 radical (unpaired) electrons. The van der Waals surface area contributed by atoms with Gasteiger partial charge in [0.05, 0.1) is 0 Å². The van der Waals surface area contributed by atoms with Crippen LogP contribution in [0.5, 0.6) is 0 Å². The number of benzene rings is 1. The lowest BCUT2D eigenvalue weighted by Crippen LogP contribution is -2.18. The Kier molecular flexibility index (Phi) is 4.97. The van der Waals surface area contributed by atoms with Crippen molar-refractivity contribution in [1.29, 1.82) is 0 Å². The predicted octanol–water partition coefficient (Wildman–Crippen LogP) is 3.45. The van der Waals surface area contributed by atoms with E-state index in [0.717, 1.165) is 24.6 Å². The largest absolute Gasteiger partial charge is 0.421 e. The van der Waals surface area contributed by atoms with Crippen molar-refractivity contribution < 1.29 is 18.0 Å². The topological polar surface area (TPSA) is 78.9 Å². The summed E-state index contributed by atoms with van der Waals surface area (Å²) in [6.45, 7) is 1.84. The molecule has 2 aromatic rings. The third-order valence-electron chi connectivity index (χ3n) is 3.76. The number of carbonyl (C=O) groups excluding carboxylic acids is 1. The zero-order valence-electron chi connectivity index (χ0n) is 14.0. The second kappa shape index (κ2) is 7.19.